The number of aromatic nitrogens is 1. The second kappa shape index (κ2) is 9.11. The lowest BCUT2D eigenvalue weighted by Gasteiger charge is -2.17. The molecule has 1 aliphatic heterocycles. The van der Waals surface area contributed by atoms with Gasteiger partial charge in [0.25, 0.3) is 0 Å². The van der Waals surface area contributed by atoms with Gasteiger partial charge in [0, 0.05) is 38.8 Å². The van der Waals surface area contributed by atoms with E-state index in [4.69, 9.17) is 0 Å². The molecule has 0 atom stereocenters. The first-order chi connectivity index (χ1) is 13.4. The second-order valence-corrected chi connectivity index (χ2v) is 8.36. The average Bonchev–Trinajstić information content (AvgIpc) is 3.22. The fourth-order valence-electron chi connectivity index (χ4n) is 2.97. The molecule has 9 heteroatoms. The summed E-state index contributed by atoms with van der Waals surface area (Å²) in [5, 5.41) is 2.78. The number of halogens is 1. The van der Waals surface area contributed by atoms with E-state index < -0.39 is 15.8 Å². The van der Waals surface area contributed by atoms with Crippen molar-refractivity contribution < 1.29 is 17.6 Å². The van der Waals surface area contributed by atoms with Crippen LogP contribution >= 0.6 is 0 Å². The molecule has 0 spiro atoms. The van der Waals surface area contributed by atoms with Crippen LogP contribution in [0.4, 0.5) is 10.2 Å². The fourth-order valence-corrected chi connectivity index (χ4v) is 4.01. The number of carbonyl (C=O) groups excluding carboxylic acids is 1. The zero-order chi connectivity index (χ0) is 20.0. The Morgan fingerprint density at radius 1 is 1.14 bits per heavy atom. The van der Waals surface area contributed by atoms with Gasteiger partial charge in [-0.2, -0.15) is 0 Å². The highest BCUT2D eigenvalue weighted by atomic mass is 32.2. The number of hydrogen-bond donors (Lipinski definition) is 2. The van der Waals surface area contributed by atoms with Gasteiger partial charge in [-0.15, -0.1) is 0 Å². The number of nitrogens with zero attached hydrogens (tertiary/aromatic N) is 2. The summed E-state index contributed by atoms with van der Waals surface area (Å²) in [5.41, 5.74) is 0.942. The first-order valence-electron chi connectivity index (χ1n) is 9.16. The van der Waals surface area contributed by atoms with Gasteiger partial charge < -0.3 is 10.2 Å². The average molecular weight is 406 g/mol. The van der Waals surface area contributed by atoms with Gasteiger partial charge in [-0.3, -0.25) is 4.79 Å². The number of anilines is 1. The Morgan fingerprint density at radius 2 is 1.86 bits per heavy atom. The van der Waals surface area contributed by atoms with Crippen LogP contribution in [0.2, 0.25) is 0 Å². The summed E-state index contributed by atoms with van der Waals surface area (Å²) in [5.74, 6) is 0.139. The molecule has 7 nitrogen and oxygen atoms in total. The van der Waals surface area contributed by atoms with Crippen LogP contribution in [0.1, 0.15) is 24.8 Å². The summed E-state index contributed by atoms with van der Waals surface area (Å²) < 4.78 is 39.4. The summed E-state index contributed by atoms with van der Waals surface area (Å²) >= 11 is 0. The Hall–Kier alpha value is -2.52. The van der Waals surface area contributed by atoms with Crippen molar-refractivity contribution in [3.63, 3.8) is 0 Å². The molecule has 1 aromatic carbocycles. The van der Waals surface area contributed by atoms with E-state index in [9.17, 15) is 17.6 Å². The van der Waals surface area contributed by atoms with Crippen LogP contribution in [0, 0.1) is 5.82 Å². The van der Waals surface area contributed by atoms with Gasteiger partial charge in [-0.05, 0) is 54.8 Å². The third-order valence-electron chi connectivity index (χ3n) is 4.50. The highest BCUT2D eigenvalue weighted by Gasteiger charge is 2.15. The lowest BCUT2D eigenvalue weighted by molar-refractivity contribution is -0.121. The molecule has 0 bridgehead atoms. The third kappa shape index (κ3) is 5.49. The lowest BCUT2D eigenvalue weighted by Crippen LogP contribution is -2.30. The standard InChI is InChI=1S/C19H23FN4O3S/c20-16-3-5-17(6-4-16)28(26,27)23-10-8-19(25)22-14-15-7-9-21-18(13-15)24-11-1-2-12-24/h3-7,9,13,23H,1-2,8,10-12,14H2,(H,22,25). The molecule has 0 unspecified atom stereocenters. The quantitative estimate of drug-likeness (QED) is 0.698. The van der Waals surface area contributed by atoms with E-state index in [1.807, 2.05) is 12.1 Å². The van der Waals surface area contributed by atoms with Gasteiger partial charge in [0.2, 0.25) is 15.9 Å². The predicted octanol–water partition coefficient (Wildman–Crippen LogP) is 1.81. The first kappa shape index (κ1) is 20.2. The lowest BCUT2D eigenvalue weighted by atomic mass is 10.2. The monoisotopic (exact) mass is 406 g/mol. The minimum absolute atomic E-state index is 0.00445. The van der Waals surface area contributed by atoms with Crippen LogP contribution in [0.25, 0.3) is 0 Å². The van der Waals surface area contributed by atoms with Crippen molar-refractivity contribution in [1.29, 1.82) is 0 Å². The molecule has 2 aromatic rings. The molecule has 1 amide bonds. The highest BCUT2D eigenvalue weighted by Crippen LogP contribution is 2.18. The Kier molecular flexibility index (Phi) is 6.58. The maximum Gasteiger partial charge on any atom is 0.240 e. The molecule has 3 rings (SSSR count). The molecule has 2 heterocycles. The zero-order valence-corrected chi connectivity index (χ0v) is 16.2. The van der Waals surface area contributed by atoms with Gasteiger partial charge in [-0.1, -0.05) is 0 Å². The van der Waals surface area contributed by atoms with Gasteiger partial charge in [0.1, 0.15) is 11.6 Å². The van der Waals surface area contributed by atoms with Crippen molar-refractivity contribution in [1.82, 2.24) is 15.0 Å². The highest BCUT2D eigenvalue weighted by molar-refractivity contribution is 7.89. The minimum atomic E-state index is -3.77. The van der Waals surface area contributed by atoms with E-state index in [0.717, 1.165) is 49.4 Å². The molecule has 0 radical (unpaired) electrons. The Morgan fingerprint density at radius 3 is 2.57 bits per heavy atom. The molecule has 1 saturated heterocycles. The molecule has 0 saturated carbocycles. The van der Waals surface area contributed by atoms with Gasteiger partial charge in [-0.25, -0.2) is 22.5 Å². The first-order valence-corrected chi connectivity index (χ1v) is 10.6. The van der Waals surface area contributed by atoms with Crippen LogP contribution in [0.3, 0.4) is 0 Å². The summed E-state index contributed by atoms with van der Waals surface area (Å²) in [4.78, 5) is 18.6. The number of carbonyl (C=O) groups is 1. The van der Waals surface area contributed by atoms with Gasteiger partial charge >= 0.3 is 0 Å². The summed E-state index contributed by atoms with van der Waals surface area (Å²) in [6.07, 6.45) is 4.06. The number of hydrogen-bond acceptors (Lipinski definition) is 5. The third-order valence-corrected chi connectivity index (χ3v) is 5.97. The maximum absolute atomic E-state index is 12.9. The van der Waals surface area contributed by atoms with Gasteiger partial charge in [0.15, 0.2) is 0 Å². The van der Waals surface area contributed by atoms with Crippen molar-refractivity contribution in [3.05, 3.63) is 54.0 Å². The Bertz CT molecular complexity index is 913. The van der Waals surface area contributed by atoms with Crippen molar-refractivity contribution in [2.75, 3.05) is 24.5 Å². The number of nitrogens with one attached hydrogen (secondary N) is 2. The number of pyridine rings is 1. The molecule has 28 heavy (non-hydrogen) atoms. The molecule has 1 aromatic heterocycles. The second-order valence-electron chi connectivity index (χ2n) is 6.59. The molecule has 1 aliphatic rings. The summed E-state index contributed by atoms with van der Waals surface area (Å²) in [6.45, 7) is 2.31. The number of rotatable bonds is 8. The molecule has 0 aliphatic carbocycles. The summed E-state index contributed by atoms with van der Waals surface area (Å²) in [6, 6.07) is 8.32. The van der Waals surface area contributed by atoms with E-state index in [-0.39, 0.29) is 23.8 Å². The molecular weight excluding hydrogens is 383 g/mol. The molecular formula is C19H23FN4O3S. The predicted molar refractivity (Wildman–Crippen MR) is 104 cm³/mol. The Balaban J connectivity index is 1.44. The summed E-state index contributed by atoms with van der Waals surface area (Å²) in [7, 11) is -3.77. The van der Waals surface area contributed by atoms with Gasteiger partial charge in [0.05, 0.1) is 4.90 Å². The molecule has 2 N–H and O–H groups in total. The van der Waals surface area contributed by atoms with Crippen molar-refractivity contribution in [3.8, 4) is 0 Å². The van der Waals surface area contributed by atoms with E-state index in [1.54, 1.807) is 6.20 Å². The van der Waals surface area contributed by atoms with Crippen LogP contribution in [-0.4, -0.2) is 38.9 Å². The molecule has 1 fully saturated rings. The van der Waals surface area contributed by atoms with Crippen molar-refractivity contribution in [2.45, 2.75) is 30.7 Å². The van der Waals surface area contributed by atoms with Crippen LogP contribution < -0.4 is 14.9 Å². The van der Waals surface area contributed by atoms with Crippen LogP contribution in [-0.2, 0) is 21.4 Å². The van der Waals surface area contributed by atoms with E-state index >= 15 is 0 Å². The van der Waals surface area contributed by atoms with Crippen LogP contribution in [0.15, 0.2) is 47.5 Å². The Labute approximate surface area is 164 Å². The van der Waals surface area contributed by atoms with Crippen molar-refractivity contribution >= 4 is 21.7 Å². The topological polar surface area (TPSA) is 91.4 Å². The number of sulfonamides is 1. The van der Waals surface area contributed by atoms with Crippen molar-refractivity contribution in [2.24, 2.45) is 0 Å². The smallest absolute Gasteiger partial charge is 0.240 e. The van der Waals surface area contributed by atoms with E-state index in [0.29, 0.717) is 6.54 Å². The van der Waals surface area contributed by atoms with E-state index in [2.05, 4.69) is 19.9 Å². The van der Waals surface area contributed by atoms with E-state index in [1.165, 1.54) is 12.1 Å². The normalized spacial score (nSPS) is 14.2. The SMILES string of the molecule is O=C(CCNS(=O)(=O)c1ccc(F)cc1)NCc1ccnc(N2CCCC2)c1. The maximum atomic E-state index is 12.9. The van der Waals surface area contributed by atoms with Crippen LogP contribution in [0.5, 0.6) is 0 Å². The minimum Gasteiger partial charge on any atom is -0.357 e. The fraction of sp³-hybridized carbons (Fsp3) is 0.368. The zero-order valence-electron chi connectivity index (χ0n) is 15.4. The number of benzene rings is 1. The largest absolute Gasteiger partial charge is 0.357 e. The number of amides is 1. The molecule has 150 valence electrons.